The lowest BCUT2D eigenvalue weighted by Crippen LogP contribution is -2.14. The fourth-order valence-electron chi connectivity index (χ4n) is 2.93. The van der Waals surface area contributed by atoms with Crippen LogP contribution in [0.3, 0.4) is 0 Å². The van der Waals surface area contributed by atoms with Gasteiger partial charge in [-0.3, -0.25) is 4.79 Å². The van der Waals surface area contributed by atoms with E-state index in [9.17, 15) is 4.79 Å². The van der Waals surface area contributed by atoms with Crippen LogP contribution in [0.15, 0.2) is 72.1 Å². The Bertz CT molecular complexity index is 1130. The molecule has 1 amide bonds. The standard InChI is InChI=1S/C21H19N5O2S/c1-28-18-10-6-5-9-17(18)25-19(27)13-29-21-16-11-24-26(20(16)22-14-23-21)12-15-7-3-2-4-8-15/h2-11,14H,12-13H2,1H3,(H,25,27). The van der Waals surface area contributed by atoms with Crippen molar-refractivity contribution in [3.05, 3.63) is 72.7 Å². The maximum atomic E-state index is 12.4. The molecule has 0 aliphatic rings. The predicted molar refractivity (Wildman–Crippen MR) is 113 cm³/mol. The van der Waals surface area contributed by atoms with Crippen LogP contribution in [0.2, 0.25) is 0 Å². The highest BCUT2D eigenvalue weighted by Gasteiger charge is 2.13. The highest BCUT2D eigenvalue weighted by Crippen LogP contribution is 2.26. The summed E-state index contributed by atoms with van der Waals surface area (Å²) in [5, 5.41) is 8.88. The average Bonchev–Trinajstić information content (AvgIpc) is 3.17. The summed E-state index contributed by atoms with van der Waals surface area (Å²) in [6.45, 7) is 0.625. The Labute approximate surface area is 172 Å². The summed E-state index contributed by atoms with van der Waals surface area (Å²) in [5.41, 5.74) is 2.53. The molecule has 0 radical (unpaired) electrons. The van der Waals surface area contributed by atoms with Crippen LogP contribution < -0.4 is 10.1 Å². The van der Waals surface area contributed by atoms with Crippen LogP contribution in [0, 0.1) is 0 Å². The van der Waals surface area contributed by atoms with E-state index in [0.29, 0.717) is 18.0 Å². The average molecular weight is 405 g/mol. The minimum atomic E-state index is -0.136. The van der Waals surface area contributed by atoms with Crippen LogP contribution in [0.5, 0.6) is 5.75 Å². The van der Waals surface area contributed by atoms with Crippen molar-refractivity contribution in [2.75, 3.05) is 18.2 Å². The number of hydrogen-bond donors (Lipinski definition) is 1. The summed E-state index contributed by atoms with van der Waals surface area (Å²) in [4.78, 5) is 21.1. The van der Waals surface area contributed by atoms with E-state index in [1.165, 1.54) is 18.1 Å². The molecule has 0 atom stereocenters. The number of amides is 1. The maximum absolute atomic E-state index is 12.4. The molecule has 146 valence electrons. The van der Waals surface area contributed by atoms with Gasteiger partial charge >= 0.3 is 0 Å². The second-order valence-electron chi connectivity index (χ2n) is 6.24. The van der Waals surface area contributed by atoms with Crippen molar-refractivity contribution in [2.24, 2.45) is 0 Å². The van der Waals surface area contributed by atoms with Gasteiger partial charge in [-0.05, 0) is 17.7 Å². The van der Waals surface area contributed by atoms with E-state index in [4.69, 9.17) is 4.74 Å². The lowest BCUT2D eigenvalue weighted by molar-refractivity contribution is -0.113. The number of ether oxygens (including phenoxy) is 1. The van der Waals surface area contributed by atoms with Crippen molar-refractivity contribution in [2.45, 2.75) is 11.6 Å². The Hall–Kier alpha value is -3.39. The topological polar surface area (TPSA) is 81.9 Å². The number of nitrogens with zero attached hydrogens (tertiary/aromatic N) is 4. The molecule has 0 fully saturated rings. The fraction of sp³-hybridized carbons (Fsp3) is 0.143. The van der Waals surface area contributed by atoms with Gasteiger partial charge in [0.2, 0.25) is 5.91 Å². The third kappa shape index (κ3) is 4.38. The minimum absolute atomic E-state index is 0.136. The van der Waals surface area contributed by atoms with E-state index in [0.717, 1.165) is 21.6 Å². The Morgan fingerprint density at radius 2 is 1.90 bits per heavy atom. The van der Waals surface area contributed by atoms with Gasteiger partial charge in [-0.1, -0.05) is 54.2 Å². The molecule has 0 bridgehead atoms. The normalized spacial score (nSPS) is 10.8. The number of para-hydroxylation sites is 2. The second kappa shape index (κ2) is 8.74. The van der Waals surface area contributed by atoms with E-state index < -0.39 is 0 Å². The summed E-state index contributed by atoms with van der Waals surface area (Å²) in [6.07, 6.45) is 3.25. The number of benzene rings is 2. The molecule has 4 rings (SSSR count). The van der Waals surface area contributed by atoms with Crippen molar-refractivity contribution < 1.29 is 9.53 Å². The molecule has 0 saturated heterocycles. The highest BCUT2D eigenvalue weighted by atomic mass is 32.2. The molecule has 0 aliphatic heterocycles. The zero-order valence-electron chi connectivity index (χ0n) is 15.8. The number of hydrogen-bond acceptors (Lipinski definition) is 6. The van der Waals surface area contributed by atoms with E-state index in [1.807, 2.05) is 47.1 Å². The zero-order valence-corrected chi connectivity index (χ0v) is 16.6. The molecule has 2 aromatic carbocycles. The summed E-state index contributed by atoms with van der Waals surface area (Å²) in [6, 6.07) is 17.4. The molecular formula is C21H19N5O2S. The quantitative estimate of drug-likeness (QED) is 0.374. The van der Waals surface area contributed by atoms with Gasteiger partial charge in [0, 0.05) is 0 Å². The van der Waals surface area contributed by atoms with Crippen LogP contribution in [0.25, 0.3) is 11.0 Å². The fourth-order valence-corrected chi connectivity index (χ4v) is 3.69. The lowest BCUT2D eigenvalue weighted by atomic mass is 10.2. The number of rotatable bonds is 7. The van der Waals surface area contributed by atoms with Crippen molar-refractivity contribution >= 4 is 34.4 Å². The van der Waals surface area contributed by atoms with Crippen LogP contribution in [0.1, 0.15) is 5.56 Å². The molecule has 4 aromatic rings. The first kappa shape index (κ1) is 18.9. The number of anilines is 1. The van der Waals surface area contributed by atoms with Crippen molar-refractivity contribution in [1.82, 2.24) is 19.7 Å². The van der Waals surface area contributed by atoms with Gasteiger partial charge in [-0.25, -0.2) is 14.6 Å². The molecule has 8 heteroatoms. The summed E-state index contributed by atoms with van der Waals surface area (Å²) in [7, 11) is 1.57. The number of carbonyl (C=O) groups is 1. The summed E-state index contributed by atoms with van der Waals surface area (Å²) < 4.78 is 7.10. The van der Waals surface area contributed by atoms with Crippen molar-refractivity contribution in [3.63, 3.8) is 0 Å². The Balaban J connectivity index is 1.46. The number of carbonyl (C=O) groups excluding carboxylic acids is 1. The molecular weight excluding hydrogens is 386 g/mol. The van der Waals surface area contributed by atoms with E-state index in [2.05, 4.69) is 20.4 Å². The van der Waals surface area contributed by atoms with Gasteiger partial charge in [0.1, 0.15) is 17.1 Å². The van der Waals surface area contributed by atoms with E-state index in [1.54, 1.807) is 25.4 Å². The van der Waals surface area contributed by atoms with Crippen LogP contribution >= 0.6 is 11.8 Å². The number of methoxy groups -OCH3 is 1. The van der Waals surface area contributed by atoms with Crippen LogP contribution in [-0.2, 0) is 11.3 Å². The highest BCUT2D eigenvalue weighted by molar-refractivity contribution is 8.00. The third-order valence-corrected chi connectivity index (χ3v) is 5.30. The van der Waals surface area contributed by atoms with Gasteiger partial charge in [-0.2, -0.15) is 5.10 Å². The molecule has 2 heterocycles. The smallest absolute Gasteiger partial charge is 0.234 e. The predicted octanol–water partition coefficient (Wildman–Crippen LogP) is 3.61. The van der Waals surface area contributed by atoms with Gasteiger partial charge in [-0.15, -0.1) is 0 Å². The van der Waals surface area contributed by atoms with Crippen molar-refractivity contribution in [3.8, 4) is 5.75 Å². The first-order valence-corrected chi connectivity index (χ1v) is 9.99. The minimum Gasteiger partial charge on any atom is -0.495 e. The molecule has 0 saturated carbocycles. The summed E-state index contributed by atoms with van der Waals surface area (Å²) >= 11 is 1.35. The Morgan fingerprint density at radius 3 is 2.72 bits per heavy atom. The monoisotopic (exact) mass is 405 g/mol. The zero-order chi connectivity index (χ0) is 20.1. The van der Waals surface area contributed by atoms with E-state index >= 15 is 0 Å². The summed E-state index contributed by atoms with van der Waals surface area (Å²) in [5.74, 6) is 0.703. The molecule has 7 nitrogen and oxygen atoms in total. The van der Waals surface area contributed by atoms with Crippen molar-refractivity contribution in [1.29, 1.82) is 0 Å². The van der Waals surface area contributed by atoms with E-state index in [-0.39, 0.29) is 11.7 Å². The largest absolute Gasteiger partial charge is 0.495 e. The Morgan fingerprint density at radius 1 is 1.10 bits per heavy atom. The molecule has 2 aromatic heterocycles. The van der Waals surface area contributed by atoms with Gasteiger partial charge in [0.25, 0.3) is 0 Å². The number of aromatic nitrogens is 4. The van der Waals surface area contributed by atoms with Crippen LogP contribution in [0.4, 0.5) is 5.69 Å². The number of fused-ring (bicyclic) bond motifs is 1. The number of thioether (sulfide) groups is 1. The molecule has 0 aliphatic carbocycles. The first-order valence-electron chi connectivity index (χ1n) is 9.00. The molecule has 0 unspecified atom stereocenters. The SMILES string of the molecule is COc1ccccc1NC(=O)CSc1ncnc2c1cnn2Cc1ccccc1. The first-order chi connectivity index (χ1) is 14.2. The van der Waals surface area contributed by atoms with Gasteiger partial charge < -0.3 is 10.1 Å². The van der Waals surface area contributed by atoms with Gasteiger partial charge in [0.15, 0.2) is 5.65 Å². The third-order valence-electron chi connectivity index (χ3n) is 4.29. The second-order valence-corrected chi connectivity index (χ2v) is 7.21. The Kier molecular flexibility index (Phi) is 5.71. The molecule has 0 spiro atoms. The maximum Gasteiger partial charge on any atom is 0.234 e. The molecule has 1 N–H and O–H groups in total. The van der Waals surface area contributed by atoms with Gasteiger partial charge in [0.05, 0.1) is 36.7 Å². The number of nitrogens with one attached hydrogen (secondary N) is 1. The lowest BCUT2D eigenvalue weighted by Gasteiger charge is -2.09. The molecule has 29 heavy (non-hydrogen) atoms. The van der Waals surface area contributed by atoms with Crippen LogP contribution in [-0.4, -0.2) is 38.5 Å².